The van der Waals surface area contributed by atoms with Crippen LogP contribution in [0, 0.1) is 10.1 Å². The summed E-state index contributed by atoms with van der Waals surface area (Å²) < 4.78 is 30.8. The minimum atomic E-state index is -3.75. The molecule has 0 aliphatic carbocycles. The van der Waals surface area contributed by atoms with E-state index in [9.17, 15) is 18.5 Å². The van der Waals surface area contributed by atoms with Gasteiger partial charge in [0.15, 0.2) is 0 Å². The Morgan fingerprint density at radius 2 is 2.05 bits per heavy atom. The van der Waals surface area contributed by atoms with Crippen molar-refractivity contribution >= 4 is 28.1 Å². The lowest BCUT2D eigenvalue weighted by atomic mass is 10.3. The van der Waals surface area contributed by atoms with Crippen LogP contribution in [-0.2, 0) is 10.0 Å². The van der Waals surface area contributed by atoms with E-state index in [1.54, 1.807) is 7.05 Å². The summed E-state index contributed by atoms with van der Waals surface area (Å²) in [7, 11) is 0.672. The van der Waals surface area contributed by atoms with Gasteiger partial charge in [-0.1, -0.05) is 0 Å². The summed E-state index contributed by atoms with van der Waals surface area (Å²) in [6.45, 7) is 0.768. The van der Waals surface area contributed by atoms with Crippen molar-refractivity contribution < 1.29 is 18.1 Å². The molecule has 1 rings (SSSR count). The van der Waals surface area contributed by atoms with Crippen LogP contribution in [0.15, 0.2) is 23.1 Å². The van der Waals surface area contributed by atoms with Crippen molar-refractivity contribution in [2.24, 2.45) is 0 Å². The number of nitro benzene ring substituents is 1. The fourth-order valence-electron chi connectivity index (χ4n) is 1.54. The Kier molecular flexibility index (Phi) is 7.58. The van der Waals surface area contributed by atoms with Gasteiger partial charge in [-0.25, -0.2) is 8.42 Å². The Hall–Kier alpha value is -1.42. The first-order valence-electron chi connectivity index (χ1n) is 5.78. The molecule has 120 valence electrons. The molecule has 0 aromatic heterocycles. The number of benzene rings is 1. The Bertz CT molecular complexity index is 594. The second-order valence-electron chi connectivity index (χ2n) is 4.02. The topological polar surface area (TPSA) is 102 Å². The third-order valence-electron chi connectivity index (χ3n) is 2.72. The minimum Gasteiger partial charge on any atom is -0.495 e. The van der Waals surface area contributed by atoms with Crippen LogP contribution >= 0.6 is 12.4 Å². The third kappa shape index (κ3) is 4.53. The smallest absolute Gasteiger partial charge is 0.273 e. The fraction of sp³-hybridized carbons (Fsp3) is 0.455. The predicted molar refractivity (Wildman–Crippen MR) is 80.6 cm³/mol. The summed E-state index contributed by atoms with van der Waals surface area (Å²) >= 11 is 0. The number of methoxy groups -OCH3 is 1. The van der Waals surface area contributed by atoms with Crippen molar-refractivity contribution in [2.75, 3.05) is 34.3 Å². The lowest BCUT2D eigenvalue weighted by molar-refractivity contribution is -0.385. The van der Waals surface area contributed by atoms with Gasteiger partial charge >= 0.3 is 0 Å². The summed E-state index contributed by atoms with van der Waals surface area (Å²) in [5, 5.41) is 13.5. The zero-order chi connectivity index (χ0) is 15.3. The van der Waals surface area contributed by atoms with Gasteiger partial charge in [0, 0.05) is 26.2 Å². The molecule has 1 N–H and O–H groups in total. The van der Waals surface area contributed by atoms with Crippen LogP contribution in [0.25, 0.3) is 0 Å². The summed E-state index contributed by atoms with van der Waals surface area (Å²) in [5.41, 5.74) is -0.223. The van der Waals surface area contributed by atoms with E-state index in [1.165, 1.54) is 20.2 Å². The number of non-ortho nitro benzene ring substituents is 1. The molecule has 0 amide bonds. The Morgan fingerprint density at radius 1 is 1.43 bits per heavy atom. The van der Waals surface area contributed by atoms with Gasteiger partial charge in [0.05, 0.1) is 18.1 Å². The third-order valence-corrected chi connectivity index (χ3v) is 4.62. The zero-order valence-corrected chi connectivity index (χ0v) is 13.5. The van der Waals surface area contributed by atoms with E-state index in [1.807, 2.05) is 0 Å². The normalized spacial score (nSPS) is 11.0. The van der Waals surface area contributed by atoms with Gasteiger partial charge in [-0.15, -0.1) is 12.4 Å². The maximum Gasteiger partial charge on any atom is 0.273 e. The van der Waals surface area contributed by atoms with E-state index in [-0.39, 0.29) is 35.3 Å². The number of hydrogen-bond donors (Lipinski definition) is 1. The molecule has 8 nitrogen and oxygen atoms in total. The van der Waals surface area contributed by atoms with Gasteiger partial charge in [-0.3, -0.25) is 10.1 Å². The number of hydrogen-bond acceptors (Lipinski definition) is 6. The van der Waals surface area contributed by atoms with E-state index in [2.05, 4.69) is 5.32 Å². The summed E-state index contributed by atoms with van der Waals surface area (Å²) in [6, 6.07) is 3.42. The first-order valence-corrected chi connectivity index (χ1v) is 7.22. The van der Waals surface area contributed by atoms with E-state index >= 15 is 0 Å². The molecule has 0 unspecified atom stereocenters. The van der Waals surface area contributed by atoms with Crippen LogP contribution in [-0.4, -0.2) is 51.9 Å². The second kappa shape index (κ2) is 8.13. The fourth-order valence-corrected chi connectivity index (χ4v) is 2.84. The van der Waals surface area contributed by atoms with E-state index in [4.69, 9.17) is 4.74 Å². The quantitative estimate of drug-likeness (QED) is 0.584. The van der Waals surface area contributed by atoms with E-state index < -0.39 is 14.9 Å². The lowest BCUT2D eigenvalue weighted by Gasteiger charge is -2.18. The molecular weight excluding hydrogens is 322 g/mol. The highest BCUT2D eigenvalue weighted by Gasteiger charge is 2.26. The van der Waals surface area contributed by atoms with Gasteiger partial charge < -0.3 is 10.1 Å². The SMILES string of the molecule is CNCCN(C)S(=O)(=O)c1ccc([N+](=O)[O-])cc1OC.Cl. The average Bonchev–Trinajstić information content (AvgIpc) is 2.43. The number of nitrogens with zero attached hydrogens (tertiary/aromatic N) is 2. The Labute approximate surface area is 129 Å². The van der Waals surface area contributed by atoms with Crippen molar-refractivity contribution in [1.82, 2.24) is 9.62 Å². The van der Waals surface area contributed by atoms with Crippen molar-refractivity contribution in [3.05, 3.63) is 28.3 Å². The van der Waals surface area contributed by atoms with Crippen LogP contribution < -0.4 is 10.1 Å². The monoisotopic (exact) mass is 339 g/mol. The summed E-state index contributed by atoms with van der Waals surface area (Å²) in [4.78, 5) is 9.99. The van der Waals surface area contributed by atoms with Gasteiger partial charge in [-0.2, -0.15) is 4.31 Å². The minimum absolute atomic E-state index is 0. The second-order valence-corrected chi connectivity index (χ2v) is 6.04. The molecule has 0 heterocycles. The van der Waals surface area contributed by atoms with Crippen LogP contribution in [0.2, 0.25) is 0 Å². The number of nitro groups is 1. The number of halogens is 1. The molecular formula is C11H18ClN3O5S. The predicted octanol–water partition coefficient (Wildman–Crippen LogP) is 0.865. The molecule has 0 radical (unpaired) electrons. The van der Waals surface area contributed by atoms with Crippen LogP contribution in [0.3, 0.4) is 0 Å². The molecule has 0 fully saturated rings. The van der Waals surface area contributed by atoms with Crippen LogP contribution in [0.5, 0.6) is 5.75 Å². The first-order chi connectivity index (χ1) is 9.34. The average molecular weight is 340 g/mol. The molecule has 10 heteroatoms. The molecule has 0 saturated heterocycles. The Balaban J connectivity index is 0.00000400. The highest BCUT2D eigenvalue weighted by molar-refractivity contribution is 7.89. The molecule has 1 aromatic carbocycles. The molecule has 0 saturated carbocycles. The molecule has 0 atom stereocenters. The number of nitrogens with one attached hydrogen (secondary N) is 1. The number of likely N-dealkylation sites (N-methyl/N-ethyl adjacent to an activating group) is 2. The Morgan fingerprint density at radius 3 is 2.52 bits per heavy atom. The molecule has 0 bridgehead atoms. The highest BCUT2D eigenvalue weighted by atomic mass is 35.5. The maximum absolute atomic E-state index is 12.3. The standard InChI is InChI=1S/C11H17N3O5S.ClH/c1-12-6-7-13(2)20(17,18)11-5-4-9(14(15)16)8-10(11)19-3;/h4-5,8,12H,6-7H2,1-3H3;1H. The van der Waals surface area contributed by atoms with E-state index in [0.717, 1.165) is 16.4 Å². The van der Waals surface area contributed by atoms with Crippen molar-refractivity contribution in [3.8, 4) is 5.75 Å². The molecule has 1 aromatic rings. The van der Waals surface area contributed by atoms with Gasteiger partial charge in [0.2, 0.25) is 10.0 Å². The maximum atomic E-state index is 12.3. The van der Waals surface area contributed by atoms with Gasteiger partial charge in [0.25, 0.3) is 5.69 Å². The van der Waals surface area contributed by atoms with E-state index in [0.29, 0.717) is 6.54 Å². The summed E-state index contributed by atoms with van der Waals surface area (Å²) in [5.74, 6) is -0.0458. The number of sulfonamides is 1. The molecule has 0 spiro atoms. The first kappa shape index (κ1) is 19.6. The molecule has 0 aliphatic rings. The molecule has 0 aliphatic heterocycles. The van der Waals surface area contributed by atoms with Crippen molar-refractivity contribution in [3.63, 3.8) is 0 Å². The van der Waals surface area contributed by atoms with Gasteiger partial charge in [0.1, 0.15) is 10.6 Å². The van der Waals surface area contributed by atoms with Gasteiger partial charge in [-0.05, 0) is 13.1 Å². The van der Waals surface area contributed by atoms with Crippen molar-refractivity contribution in [1.29, 1.82) is 0 Å². The zero-order valence-electron chi connectivity index (χ0n) is 11.9. The number of ether oxygens (including phenoxy) is 1. The van der Waals surface area contributed by atoms with Crippen molar-refractivity contribution in [2.45, 2.75) is 4.90 Å². The van der Waals surface area contributed by atoms with Crippen LogP contribution in [0.4, 0.5) is 5.69 Å². The van der Waals surface area contributed by atoms with Crippen LogP contribution in [0.1, 0.15) is 0 Å². The lowest BCUT2D eigenvalue weighted by Crippen LogP contribution is -2.33. The summed E-state index contributed by atoms with van der Waals surface area (Å²) in [6.07, 6.45) is 0. The highest BCUT2D eigenvalue weighted by Crippen LogP contribution is 2.29. The number of rotatable bonds is 7. The molecule has 21 heavy (non-hydrogen) atoms. The largest absolute Gasteiger partial charge is 0.495 e.